The van der Waals surface area contributed by atoms with Crippen molar-refractivity contribution >= 4 is 23.1 Å². The molecular formula is C21H26N4O4. The molecule has 0 atom stereocenters. The summed E-state index contributed by atoms with van der Waals surface area (Å²) in [4.78, 5) is 38.1. The Kier molecular flexibility index (Phi) is 7.85. The van der Waals surface area contributed by atoms with Crippen LogP contribution in [0.2, 0.25) is 0 Å². The molecule has 0 saturated carbocycles. The van der Waals surface area contributed by atoms with Gasteiger partial charge in [-0.05, 0) is 31.2 Å². The molecule has 29 heavy (non-hydrogen) atoms. The van der Waals surface area contributed by atoms with Crippen molar-refractivity contribution in [1.29, 1.82) is 0 Å². The van der Waals surface area contributed by atoms with E-state index >= 15 is 0 Å². The lowest BCUT2D eigenvalue weighted by atomic mass is 9.97. The summed E-state index contributed by atoms with van der Waals surface area (Å²) in [5.74, 6) is -0.792. The maximum Gasteiger partial charge on any atom is 0.293 e. The minimum absolute atomic E-state index is 0.159. The average Bonchev–Trinajstić information content (AvgIpc) is 2.72. The van der Waals surface area contributed by atoms with E-state index in [4.69, 9.17) is 0 Å². The number of carbonyl (C=O) groups is 2. The van der Waals surface area contributed by atoms with Crippen molar-refractivity contribution in [2.75, 3.05) is 38.6 Å². The highest BCUT2D eigenvalue weighted by atomic mass is 16.6. The maximum absolute atomic E-state index is 13.0. The molecule has 2 aromatic rings. The molecule has 154 valence electrons. The van der Waals surface area contributed by atoms with Gasteiger partial charge in [0.2, 0.25) is 0 Å². The third-order valence-electron chi connectivity index (χ3n) is 4.35. The molecule has 0 fully saturated rings. The zero-order valence-corrected chi connectivity index (χ0v) is 16.9. The monoisotopic (exact) mass is 398 g/mol. The second kappa shape index (κ2) is 10.3. The first-order valence-electron chi connectivity index (χ1n) is 9.45. The van der Waals surface area contributed by atoms with Crippen molar-refractivity contribution < 1.29 is 14.5 Å². The average molecular weight is 398 g/mol. The number of rotatable bonds is 10. The number of nitro benzene ring substituents is 1. The molecule has 2 rings (SSSR count). The molecule has 0 aliphatic heterocycles. The lowest BCUT2D eigenvalue weighted by Crippen LogP contribution is -2.32. The van der Waals surface area contributed by atoms with Gasteiger partial charge in [-0.1, -0.05) is 25.1 Å². The number of amides is 1. The molecule has 0 bridgehead atoms. The van der Waals surface area contributed by atoms with Gasteiger partial charge in [0.15, 0.2) is 5.78 Å². The minimum Gasteiger partial charge on any atom is -0.372 e. The van der Waals surface area contributed by atoms with Gasteiger partial charge in [-0.2, -0.15) is 0 Å². The molecule has 2 aromatic carbocycles. The number of carbonyl (C=O) groups excluding carboxylic acids is 2. The van der Waals surface area contributed by atoms with Crippen molar-refractivity contribution in [3.05, 3.63) is 69.3 Å². The summed E-state index contributed by atoms with van der Waals surface area (Å²) in [6.07, 6.45) is 1.00. The van der Waals surface area contributed by atoms with Crippen LogP contribution in [0.3, 0.4) is 0 Å². The van der Waals surface area contributed by atoms with E-state index in [9.17, 15) is 19.7 Å². The van der Waals surface area contributed by atoms with Crippen molar-refractivity contribution in [3.8, 4) is 0 Å². The first-order valence-corrected chi connectivity index (χ1v) is 9.45. The fraction of sp³-hybridized carbons (Fsp3) is 0.333. The molecule has 1 amide bonds. The van der Waals surface area contributed by atoms with Crippen molar-refractivity contribution in [1.82, 2.24) is 10.6 Å². The second-order valence-corrected chi connectivity index (χ2v) is 6.74. The number of anilines is 1. The van der Waals surface area contributed by atoms with Gasteiger partial charge in [-0.15, -0.1) is 0 Å². The summed E-state index contributed by atoms with van der Waals surface area (Å²) in [7, 11) is 3.39. The number of hydrogen-bond acceptors (Lipinski definition) is 6. The molecule has 2 N–H and O–H groups in total. The molecule has 0 radical (unpaired) electrons. The molecule has 0 aliphatic rings. The highest BCUT2D eigenvalue weighted by Crippen LogP contribution is 2.29. The van der Waals surface area contributed by atoms with Crippen LogP contribution in [0.1, 0.15) is 39.6 Å². The Balaban J connectivity index is 2.27. The van der Waals surface area contributed by atoms with E-state index in [2.05, 4.69) is 17.6 Å². The summed E-state index contributed by atoms with van der Waals surface area (Å²) in [6.45, 7) is 3.99. The number of nitro groups is 1. The van der Waals surface area contributed by atoms with E-state index in [0.29, 0.717) is 18.8 Å². The van der Waals surface area contributed by atoms with Crippen LogP contribution in [-0.4, -0.2) is 50.3 Å². The molecule has 8 nitrogen and oxygen atoms in total. The third kappa shape index (κ3) is 5.61. The first kappa shape index (κ1) is 22.0. The normalized spacial score (nSPS) is 10.4. The van der Waals surface area contributed by atoms with Crippen LogP contribution in [0.25, 0.3) is 0 Å². The number of nitrogens with zero attached hydrogens (tertiary/aromatic N) is 2. The molecule has 0 aromatic heterocycles. The van der Waals surface area contributed by atoms with Crippen molar-refractivity contribution in [2.45, 2.75) is 13.3 Å². The van der Waals surface area contributed by atoms with E-state index in [0.717, 1.165) is 13.0 Å². The lowest BCUT2D eigenvalue weighted by molar-refractivity contribution is -0.384. The summed E-state index contributed by atoms with van der Waals surface area (Å²) in [6, 6.07) is 10.8. The van der Waals surface area contributed by atoms with Crippen LogP contribution in [0.4, 0.5) is 11.4 Å². The van der Waals surface area contributed by atoms with Gasteiger partial charge in [-0.3, -0.25) is 19.7 Å². The molecule has 0 aliphatic carbocycles. The smallest absolute Gasteiger partial charge is 0.293 e. The van der Waals surface area contributed by atoms with Gasteiger partial charge in [-0.25, -0.2) is 0 Å². The zero-order valence-electron chi connectivity index (χ0n) is 16.9. The Morgan fingerprint density at radius 2 is 1.72 bits per heavy atom. The Morgan fingerprint density at radius 3 is 2.34 bits per heavy atom. The van der Waals surface area contributed by atoms with Crippen LogP contribution in [0.5, 0.6) is 0 Å². The quantitative estimate of drug-likeness (QED) is 0.276. The Labute approximate surface area is 170 Å². The van der Waals surface area contributed by atoms with Gasteiger partial charge in [0.05, 0.1) is 10.5 Å². The predicted octanol–water partition coefficient (Wildman–Crippen LogP) is 2.62. The summed E-state index contributed by atoms with van der Waals surface area (Å²) >= 11 is 0. The molecule has 0 unspecified atom stereocenters. The van der Waals surface area contributed by atoms with Crippen molar-refractivity contribution in [3.63, 3.8) is 0 Å². The van der Waals surface area contributed by atoms with Crippen LogP contribution in [-0.2, 0) is 0 Å². The zero-order chi connectivity index (χ0) is 21.4. The first-order chi connectivity index (χ1) is 13.9. The molecular weight excluding hydrogens is 372 g/mol. The number of nitrogens with one attached hydrogen (secondary N) is 2. The maximum atomic E-state index is 13.0. The standard InChI is InChI=1S/C21H26N4O4/c1-4-11-22-12-13-23-21(27)17-8-6-5-7-16(17)20(26)15-9-10-18(24(2)3)19(14-15)25(28)29/h5-10,14,22H,4,11-13H2,1-3H3,(H,23,27). The highest BCUT2D eigenvalue weighted by Gasteiger charge is 2.22. The summed E-state index contributed by atoms with van der Waals surface area (Å²) in [5, 5.41) is 17.4. The van der Waals surface area contributed by atoms with Crippen LogP contribution in [0.15, 0.2) is 42.5 Å². The van der Waals surface area contributed by atoms with Crippen molar-refractivity contribution in [2.24, 2.45) is 0 Å². The highest BCUT2D eigenvalue weighted by molar-refractivity contribution is 6.15. The Hall–Kier alpha value is -3.26. The van der Waals surface area contributed by atoms with Gasteiger partial charge in [0.25, 0.3) is 11.6 Å². The van der Waals surface area contributed by atoms with E-state index in [-0.39, 0.29) is 28.3 Å². The second-order valence-electron chi connectivity index (χ2n) is 6.74. The van der Waals surface area contributed by atoms with E-state index in [1.54, 1.807) is 43.3 Å². The van der Waals surface area contributed by atoms with E-state index < -0.39 is 10.7 Å². The van der Waals surface area contributed by atoms with Gasteiger partial charge in [0, 0.05) is 44.4 Å². The minimum atomic E-state index is -0.520. The predicted molar refractivity (Wildman–Crippen MR) is 113 cm³/mol. The number of benzene rings is 2. The fourth-order valence-corrected chi connectivity index (χ4v) is 2.89. The molecule has 8 heteroatoms. The molecule has 0 saturated heterocycles. The fourth-order valence-electron chi connectivity index (χ4n) is 2.89. The number of ketones is 1. The third-order valence-corrected chi connectivity index (χ3v) is 4.35. The van der Waals surface area contributed by atoms with E-state index in [1.807, 2.05) is 0 Å². The summed E-state index contributed by atoms with van der Waals surface area (Å²) in [5.41, 5.74) is 0.847. The molecule has 0 heterocycles. The van der Waals surface area contributed by atoms with Gasteiger partial charge < -0.3 is 15.5 Å². The topological polar surface area (TPSA) is 105 Å². The molecule has 0 spiro atoms. The van der Waals surface area contributed by atoms with Crippen LogP contribution < -0.4 is 15.5 Å². The Morgan fingerprint density at radius 1 is 1.03 bits per heavy atom. The summed E-state index contributed by atoms with van der Waals surface area (Å²) < 4.78 is 0. The number of hydrogen-bond donors (Lipinski definition) is 2. The Bertz CT molecular complexity index is 896. The van der Waals surface area contributed by atoms with E-state index in [1.165, 1.54) is 18.2 Å². The SMILES string of the molecule is CCCNCCNC(=O)c1ccccc1C(=O)c1ccc(N(C)C)c([N+](=O)[O-])c1. The van der Waals surface area contributed by atoms with Gasteiger partial charge >= 0.3 is 0 Å². The lowest BCUT2D eigenvalue weighted by Gasteiger charge is -2.14. The van der Waals surface area contributed by atoms with Gasteiger partial charge in [0.1, 0.15) is 5.69 Å². The van der Waals surface area contributed by atoms with Crippen LogP contribution >= 0.6 is 0 Å². The largest absolute Gasteiger partial charge is 0.372 e. The van der Waals surface area contributed by atoms with Crippen LogP contribution in [0, 0.1) is 10.1 Å².